The Hall–Kier alpha value is -2.76. The zero-order valence-corrected chi connectivity index (χ0v) is 14.9. The number of rotatable bonds is 6. The van der Waals surface area contributed by atoms with E-state index < -0.39 is 5.82 Å². The Balaban J connectivity index is 1.92. The topological polar surface area (TPSA) is 50.8 Å². The summed E-state index contributed by atoms with van der Waals surface area (Å²) in [5, 5.41) is 2.85. The number of amides is 2. The van der Waals surface area contributed by atoms with E-state index in [0.717, 1.165) is 16.9 Å². The quantitative estimate of drug-likeness (QED) is 0.871. The molecule has 134 valence electrons. The molecule has 0 spiro atoms. The third-order valence-electron chi connectivity index (χ3n) is 3.89. The number of methoxy groups -OCH3 is 2. The van der Waals surface area contributed by atoms with Crippen molar-refractivity contribution in [2.45, 2.75) is 20.0 Å². The van der Waals surface area contributed by atoms with Crippen LogP contribution in [-0.2, 0) is 13.1 Å². The van der Waals surface area contributed by atoms with Gasteiger partial charge in [0.15, 0.2) is 11.6 Å². The second-order valence-corrected chi connectivity index (χ2v) is 5.79. The number of nitrogens with zero attached hydrogens (tertiary/aromatic N) is 1. The van der Waals surface area contributed by atoms with Crippen LogP contribution in [0.25, 0.3) is 0 Å². The number of halogens is 1. The van der Waals surface area contributed by atoms with Crippen LogP contribution in [0.5, 0.6) is 11.5 Å². The van der Waals surface area contributed by atoms with Gasteiger partial charge >= 0.3 is 6.03 Å². The Morgan fingerprint density at radius 1 is 1.08 bits per heavy atom. The number of benzene rings is 2. The Morgan fingerprint density at radius 3 is 2.32 bits per heavy atom. The van der Waals surface area contributed by atoms with Crippen LogP contribution in [0, 0.1) is 12.7 Å². The fraction of sp³-hybridized carbons (Fsp3) is 0.316. The smallest absolute Gasteiger partial charge is 0.317 e. The predicted molar refractivity (Wildman–Crippen MR) is 94.4 cm³/mol. The van der Waals surface area contributed by atoms with Gasteiger partial charge in [-0.3, -0.25) is 0 Å². The van der Waals surface area contributed by atoms with Crippen LogP contribution in [0.3, 0.4) is 0 Å². The maximum absolute atomic E-state index is 13.7. The Kier molecular flexibility index (Phi) is 6.22. The van der Waals surface area contributed by atoms with E-state index in [1.807, 2.05) is 25.1 Å². The van der Waals surface area contributed by atoms with E-state index in [9.17, 15) is 9.18 Å². The van der Waals surface area contributed by atoms with E-state index in [2.05, 4.69) is 5.32 Å². The lowest BCUT2D eigenvalue weighted by atomic mass is 10.1. The summed E-state index contributed by atoms with van der Waals surface area (Å²) in [6.07, 6.45) is 0. The van der Waals surface area contributed by atoms with Crippen molar-refractivity contribution in [2.24, 2.45) is 0 Å². The van der Waals surface area contributed by atoms with Crippen molar-refractivity contribution in [1.82, 2.24) is 10.2 Å². The molecule has 0 heterocycles. The number of urea groups is 1. The standard InChI is InChI=1S/C19H23FN2O3/c1-13-9-14(5-7-17(13)24-3)11-21-19(23)22(2)12-15-6-8-18(25-4)16(20)10-15/h5-10H,11-12H2,1-4H3,(H,21,23). The SMILES string of the molecule is COc1ccc(CNC(=O)N(C)Cc2ccc(OC)c(F)c2)cc1C. The molecule has 0 atom stereocenters. The van der Waals surface area contributed by atoms with Crippen LogP contribution in [0.1, 0.15) is 16.7 Å². The first-order chi connectivity index (χ1) is 11.9. The Labute approximate surface area is 147 Å². The first kappa shape index (κ1) is 18.6. The number of carbonyl (C=O) groups is 1. The lowest BCUT2D eigenvalue weighted by Crippen LogP contribution is -2.36. The van der Waals surface area contributed by atoms with Crippen molar-refractivity contribution in [3.63, 3.8) is 0 Å². The van der Waals surface area contributed by atoms with Crippen molar-refractivity contribution in [2.75, 3.05) is 21.3 Å². The summed E-state index contributed by atoms with van der Waals surface area (Å²) in [4.78, 5) is 13.7. The van der Waals surface area contributed by atoms with Crippen LogP contribution >= 0.6 is 0 Å². The fourth-order valence-corrected chi connectivity index (χ4v) is 2.52. The van der Waals surface area contributed by atoms with Crippen molar-refractivity contribution < 1.29 is 18.7 Å². The minimum absolute atomic E-state index is 0.186. The molecule has 2 aromatic rings. The third-order valence-corrected chi connectivity index (χ3v) is 3.89. The van der Waals surface area contributed by atoms with Crippen LogP contribution in [0.4, 0.5) is 9.18 Å². The molecule has 0 aromatic heterocycles. The summed E-state index contributed by atoms with van der Waals surface area (Å²) < 4.78 is 23.8. The minimum Gasteiger partial charge on any atom is -0.496 e. The Bertz CT molecular complexity index is 749. The van der Waals surface area contributed by atoms with Crippen LogP contribution < -0.4 is 14.8 Å². The molecule has 2 rings (SSSR count). The van der Waals surface area contributed by atoms with Crippen LogP contribution in [0.15, 0.2) is 36.4 Å². The van der Waals surface area contributed by atoms with Gasteiger partial charge < -0.3 is 19.7 Å². The van der Waals surface area contributed by atoms with Crippen LogP contribution in [-0.4, -0.2) is 32.2 Å². The van der Waals surface area contributed by atoms with Crippen molar-refractivity contribution >= 4 is 6.03 Å². The summed E-state index contributed by atoms with van der Waals surface area (Å²) in [5.74, 6) is 0.557. The number of hydrogen-bond acceptors (Lipinski definition) is 3. The number of hydrogen-bond donors (Lipinski definition) is 1. The molecule has 0 aliphatic rings. The average Bonchev–Trinajstić information content (AvgIpc) is 2.60. The van der Waals surface area contributed by atoms with Crippen molar-refractivity contribution in [3.05, 3.63) is 58.9 Å². The molecule has 0 saturated carbocycles. The van der Waals surface area contributed by atoms with Gasteiger partial charge in [0.1, 0.15) is 5.75 Å². The van der Waals surface area contributed by atoms with Gasteiger partial charge in [0, 0.05) is 20.1 Å². The van der Waals surface area contributed by atoms with Gasteiger partial charge in [0.25, 0.3) is 0 Å². The highest BCUT2D eigenvalue weighted by Crippen LogP contribution is 2.19. The molecule has 2 amide bonds. The van der Waals surface area contributed by atoms with E-state index in [-0.39, 0.29) is 11.8 Å². The third kappa shape index (κ3) is 4.86. The first-order valence-electron chi connectivity index (χ1n) is 7.89. The second kappa shape index (κ2) is 8.37. The molecule has 0 fully saturated rings. The zero-order valence-electron chi connectivity index (χ0n) is 14.9. The van der Waals surface area contributed by atoms with E-state index in [1.54, 1.807) is 26.3 Å². The molecule has 1 N–H and O–H groups in total. The molecule has 0 saturated heterocycles. The molecule has 0 aliphatic carbocycles. The largest absolute Gasteiger partial charge is 0.496 e. The highest BCUT2D eigenvalue weighted by Gasteiger charge is 2.11. The Morgan fingerprint density at radius 2 is 1.72 bits per heavy atom. The summed E-state index contributed by atoms with van der Waals surface area (Å²) in [7, 11) is 4.70. The van der Waals surface area contributed by atoms with Crippen LogP contribution in [0.2, 0.25) is 0 Å². The molecule has 5 nitrogen and oxygen atoms in total. The van der Waals surface area contributed by atoms with Gasteiger partial charge in [0.2, 0.25) is 0 Å². The lowest BCUT2D eigenvalue weighted by Gasteiger charge is -2.18. The van der Waals surface area contributed by atoms with Gasteiger partial charge in [-0.15, -0.1) is 0 Å². The summed E-state index contributed by atoms with van der Waals surface area (Å²) in [6.45, 7) is 2.66. The van der Waals surface area contributed by atoms with E-state index >= 15 is 0 Å². The van der Waals surface area contributed by atoms with Crippen molar-refractivity contribution in [1.29, 1.82) is 0 Å². The first-order valence-corrected chi connectivity index (χ1v) is 7.89. The second-order valence-electron chi connectivity index (χ2n) is 5.79. The molecule has 0 aliphatic heterocycles. The molecular formula is C19H23FN2O3. The highest BCUT2D eigenvalue weighted by atomic mass is 19.1. The normalized spacial score (nSPS) is 10.3. The summed E-state index contributed by atoms with van der Waals surface area (Å²) in [5.41, 5.74) is 2.68. The maximum Gasteiger partial charge on any atom is 0.317 e. The molecule has 0 radical (unpaired) electrons. The molecule has 0 bridgehead atoms. The lowest BCUT2D eigenvalue weighted by molar-refractivity contribution is 0.206. The number of aryl methyl sites for hydroxylation is 1. The van der Waals surface area contributed by atoms with Gasteiger partial charge in [-0.25, -0.2) is 9.18 Å². The number of nitrogens with one attached hydrogen (secondary N) is 1. The average molecular weight is 346 g/mol. The molecular weight excluding hydrogens is 323 g/mol. The fourth-order valence-electron chi connectivity index (χ4n) is 2.52. The molecule has 0 unspecified atom stereocenters. The number of ether oxygens (including phenoxy) is 2. The van der Waals surface area contributed by atoms with Gasteiger partial charge in [-0.2, -0.15) is 0 Å². The number of carbonyl (C=O) groups excluding carboxylic acids is 1. The maximum atomic E-state index is 13.7. The van der Waals surface area contributed by atoms with E-state index in [0.29, 0.717) is 18.7 Å². The van der Waals surface area contributed by atoms with Crippen molar-refractivity contribution in [3.8, 4) is 11.5 Å². The zero-order chi connectivity index (χ0) is 18.4. The monoisotopic (exact) mass is 346 g/mol. The minimum atomic E-state index is -0.442. The summed E-state index contributed by atoms with van der Waals surface area (Å²) in [6, 6.07) is 10.2. The molecule has 25 heavy (non-hydrogen) atoms. The predicted octanol–water partition coefficient (Wildman–Crippen LogP) is 3.49. The summed E-state index contributed by atoms with van der Waals surface area (Å²) >= 11 is 0. The van der Waals surface area contributed by atoms with Gasteiger partial charge in [-0.1, -0.05) is 18.2 Å². The van der Waals surface area contributed by atoms with E-state index in [1.165, 1.54) is 18.1 Å². The van der Waals surface area contributed by atoms with Gasteiger partial charge in [0.05, 0.1) is 14.2 Å². The molecule has 2 aromatic carbocycles. The van der Waals surface area contributed by atoms with E-state index in [4.69, 9.17) is 9.47 Å². The van der Waals surface area contributed by atoms with Gasteiger partial charge in [-0.05, 0) is 41.8 Å². The highest BCUT2D eigenvalue weighted by molar-refractivity contribution is 5.73. The molecule has 6 heteroatoms.